The Hall–Kier alpha value is -1.05. The third-order valence-electron chi connectivity index (χ3n) is 1.49. The monoisotopic (exact) mass is 152 g/mol. The van der Waals surface area contributed by atoms with Crippen molar-refractivity contribution in [3.05, 3.63) is 23.5 Å². The van der Waals surface area contributed by atoms with E-state index in [-0.39, 0.29) is 0 Å². The molecule has 0 aliphatic carbocycles. The van der Waals surface area contributed by atoms with E-state index < -0.39 is 0 Å². The van der Waals surface area contributed by atoms with Crippen LogP contribution in [0.2, 0.25) is 0 Å². The fraction of sp³-hybridized carbons (Fsp3) is 0.444. The van der Waals surface area contributed by atoms with Gasteiger partial charge in [0.05, 0.1) is 0 Å². The maximum absolute atomic E-state index is 5.58. The van der Waals surface area contributed by atoms with Gasteiger partial charge in [-0.25, -0.2) is 0 Å². The lowest BCUT2D eigenvalue weighted by atomic mass is 10.1. The summed E-state index contributed by atoms with van der Waals surface area (Å²) in [5.41, 5.74) is 9.18. The van der Waals surface area contributed by atoms with Crippen molar-refractivity contribution in [2.45, 2.75) is 27.7 Å². The van der Waals surface area contributed by atoms with Gasteiger partial charge in [0.25, 0.3) is 0 Å². The molecule has 0 heterocycles. The second-order valence-electron chi connectivity index (χ2n) is 2.74. The van der Waals surface area contributed by atoms with Crippen LogP contribution in [-0.2, 0) is 0 Å². The van der Waals surface area contributed by atoms with Crippen molar-refractivity contribution in [1.29, 1.82) is 0 Å². The highest BCUT2D eigenvalue weighted by Crippen LogP contribution is 2.02. The molecule has 62 valence electrons. The first-order valence-corrected chi connectivity index (χ1v) is 3.59. The minimum Gasteiger partial charge on any atom is -0.402 e. The zero-order chi connectivity index (χ0) is 9.02. The lowest BCUT2D eigenvalue weighted by Gasteiger charge is -2.02. The predicted molar refractivity (Wildman–Crippen MR) is 50.5 cm³/mol. The number of hydrogen-bond donors (Lipinski definition) is 1. The third kappa shape index (κ3) is 3.61. The second kappa shape index (κ2) is 3.96. The van der Waals surface area contributed by atoms with E-state index in [9.17, 15) is 0 Å². The summed E-state index contributed by atoms with van der Waals surface area (Å²) in [6.45, 7) is 11.3. The highest BCUT2D eigenvalue weighted by Gasteiger charge is 1.96. The van der Waals surface area contributed by atoms with Crippen LogP contribution < -0.4 is 5.73 Å². The molecule has 2 N–H and O–H groups in total. The fourth-order valence-electron chi connectivity index (χ4n) is 0.655. The van der Waals surface area contributed by atoms with E-state index in [1.54, 1.807) is 0 Å². The van der Waals surface area contributed by atoms with Crippen molar-refractivity contribution in [2.24, 2.45) is 10.7 Å². The number of allylic oxidation sites excluding steroid dienone is 3. The Kier molecular flexibility index (Phi) is 3.58. The molecule has 0 bridgehead atoms. The van der Waals surface area contributed by atoms with Gasteiger partial charge in [0.2, 0.25) is 0 Å². The summed E-state index contributed by atoms with van der Waals surface area (Å²) in [7, 11) is 0. The average molecular weight is 152 g/mol. The summed E-state index contributed by atoms with van der Waals surface area (Å²) < 4.78 is 0. The molecule has 0 radical (unpaired) electrons. The molecule has 0 rings (SSSR count). The molecule has 11 heavy (non-hydrogen) atoms. The molecule has 0 atom stereocenters. The molecule has 0 aromatic carbocycles. The first-order chi connectivity index (χ1) is 4.95. The summed E-state index contributed by atoms with van der Waals surface area (Å²) in [5, 5.41) is 0. The number of nitrogens with zero attached hydrogens (tertiary/aromatic N) is 1. The van der Waals surface area contributed by atoms with Crippen molar-refractivity contribution in [2.75, 3.05) is 0 Å². The van der Waals surface area contributed by atoms with Crippen LogP contribution in [0.25, 0.3) is 0 Å². The predicted octanol–water partition coefficient (Wildman–Crippen LogP) is 2.23. The Labute approximate surface area is 68.5 Å². The van der Waals surface area contributed by atoms with Crippen molar-refractivity contribution in [3.63, 3.8) is 0 Å². The van der Waals surface area contributed by atoms with E-state index in [0.717, 1.165) is 22.7 Å². The van der Waals surface area contributed by atoms with Gasteiger partial charge in [0.1, 0.15) is 0 Å². The van der Waals surface area contributed by atoms with Crippen LogP contribution in [0.3, 0.4) is 0 Å². The second-order valence-corrected chi connectivity index (χ2v) is 2.74. The van der Waals surface area contributed by atoms with Gasteiger partial charge >= 0.3 is 0 Å². The molecular formula is C9H16N2. The Bertz CT molecular complexity index is 218. The number of hydrogen-bond acceptors (Lipinski definition) is 2. The Morgan fingerprint density at radius 2 is 1.64 bits per heavy atom. The van der Waals surface area contributed by atoms with Crippen LogP contribution in [0.5, 0.6) is 0 Å². The first kappa shape index (κ1) is 9.95. The van der Waals surface area contributed by atoms with E-state index in [1.807, 2.05) is 27.7 Å². The Balaban J connectivity index is 4.63. The van der Waals surface area contributed by atoms with Crippen LogP contribution in [0.4, 0.5) is 0 Å². The highest BCUT2D eigenvalue weighted by atomic mass is 14.7. The third-order valence-corrected chi connectivity index (χ3v) is 1.49. The highest BCUT2D eigenvalue weighted by molar-refractivity contribution is 5.98. The number of aliphatic imine (C=N–C) groups is 1. The molecule has 0 fully saturated rings. The van der Waals surface area contributed by atoms with Crippen LogP contribution in [0.15, 0.2) is 28.5 Å². The van der Waals surface area contributed by atoms with E-state index in [4.69, 9.17) is 5.73 Å². The molecule has 0 saturated heterocycles. The van der Waals surface area contributed by atoms with Crippen molar-refractivity contribution < 1.29 is 0 Å². The van der Waals surface area contributed by atoms with Gasteiger partial charge in [-0.15, -0.1) is 0 Å². The Morgan fingerprint density at radius 3 is 1.91 bits per heavy atom. The fourth-order valence-corrected chi connectivity index (χ4v) is 0.655. The standard InChI is InChI=1S/C9H16N2/c1-6(2)11-9(5)7(3)8(4)10/h1,10H2,2-5H3/b8-7-,11-9?. The van der Waals surface area contributed by atoms with Gasteiger partial charge in [-0.05, 0) is 33.3 Å². The average Bonchev–Trinajstić information content (AvgIpc) is 1.84. The topological polar surface area (TPSA) is 38.4 Å². The van der Waals surface area contributed by atoms with E-state index in [0.29, 0.717) is 0 Å². The molecular weight excluding hydrogens is 136 g/mol. The van der Waals surface area contributed by atoms with Crippen molar-refractivity contribution in [3.8, 4) is 0 Å². The molecule has 0 amide bonds. The van der Waals surface area contributed by atoms with Crippen molar-refractivity contribution >= 4 is 5.71 Å². The van der Waals surface area contributed by atoms with Gasteiger partial charge < -0.3 is 5.73 Å². The molecule has 0 saturated carbocycles. The minimum atomic E-state index is 0.808. The van der Waals surface area contributed by atoms with Gasteiger partial charge in [-0.3, -0.25) is 4.99 Å². The quantitative estimate of drug-likeness (QED) is 0.605. The molecule has 2 nitrogen and oxygen atoms in total. The maximum atomic E-state index is 5.58. The van der Waals surface area contributed by atoms with Crippen LogP contribution in [-0.4, -0.2) is 5.71 Å². The lowest BCUT2D eigenvalue weighted by molar-refractivity contribution is 1.23. The normalized spacial score (nSPS) is 14.4. The van der Waals surface area contributed by atoms with Gasteiger partial charge in [-0.2, -0.15) is 0 Å². The molecule has 0 spiro atoms. The molecule has 0 aliphatic heterocycles. The largest absolute Gasteiger partial charge is 0.402 e. The maximum Gasteiger partial charge on any atom is 0.0421 e. The number of rotatable bonds is 2. The van der Waals surface area contributed by atoms with Gasteiger partial charge in [-0.1, -0.05) is 6.58 Å². The van der Waals surface area contributed by atoms with Gasteiger partial charge in [0.15, 0.2) is 0 Å². The molecule has 0 aliphatic rings. The summed E-state index contributed by atoms with van der Waals surface area (Å²) in [6, 6.07) is 0. The summed E-state index contributed by atoms with van der Waals surface area (Å²) in [4.78, 5) is 4.18. The number of nitrogens with two attached hydrogens (primary N) is 1. The molecule has 0 unspecified atom stereocenters. The van der Waals surface area contributed by atoms with Crippen LogP contribution in [0, 0.1) is 0 Å². The zero-order valence-electron chi connectivity index (χ0n) is 7.73. The van der Waals surface area contributed by atoms with E-state index in [2.05, 4.69) is 11.6 Å². The van der Waals surface area contributed by atoms with Gasteiger partial charge in [0, 0.05) is 17.1 Å². The smallest absolute Gasteiger partial charge is 0.0421 e. The van der Waals surface area contributed by atoms with Crippen molar-refractivity contribution in [1.82, 2.24) is 0 Å². The lowest BCUT2D eigenvalue weighted by Crippen LogP contribution is -2.03. The summed E-state index contributed by atoms with van der Waals surface area (Å²) in [5.74, 6) is 0. The summed E-state index contributed by atoms with van der Waals surface area (Å²) >= 11 is 0. The molecule has 2 heteroatoms. The van der Waals surface area contributed by atoms with Crippen LogP contribution in [0.1, 0.15) is 27.7 Å². The zero-order valence-corrected chi connectivity index (χ0v) is 7.73. The van der Waals surface area contributed by atoms with E-state index in [1.165, 1.54) is 0 Å². The molecule has 0 aromatic rings. The van der Waals surface area contributed by atoms with E-state index >= 15 is 0 Å². The minimum absolute atomic E-state index is 0.808. The molecule has 0 aromatic heterocycles. The Morgan fingerprint density at radius 1 is 1.18 bits per heavy atom. The first-order valence-electron chi connectivity index (χ1n) is 3.59. The van der Waals surface area contributed by atoms with Crippen LogP contribution >= 0.6 is 0 Å². The SMILES string of the molecule is C=C(C)N=C(C)/C(C)=C(/C)N. The summed E-state index contributed by atoms with van der Waals surface area (Å²) in [6.07, 6.45) is 0.